The number of hydrogen-bond acceptors (Lipinski definition) is 2. The van der Waals surface area contributed by atoms with Gasteiger partial charge < -0.3 is 10.1 Å². The topological polar surface area (TPSA) is 21.3 Å². The van der Waals surface area contributed by atoms with Crippen LogP contribution in [0.2, 0.25) is 20.1 Å². The van der Waals surface area contributed by atoms with E-state index in [1.165, 1.54) is 12.8 Å². The van der Waals surface area contributed by atoms with Crippen LogP contribution in [0, 0.1) is 0 Å². The first-order valence-corrected chi connectivity index (χ1v) is 7.73. The van der Waals surface area contributed by atoms with E-state index in [1.54, 1.807) is 6.07 Å². The van der Waals surface area contributed by atoms with Gasteiger partial charge in [-0.1, -0.05) is 46.4 Å². The standard InChI is InChI=1S/C13H15Cl4NO/c14-10-7-11(15)13(17)12(16)9(10)3-5-19-6-4-18-8-1-2-8/h7-8,18H,1-6H2. The van der Waals surface area contributed by atoms with Crippen molar-refractivity contribution >= 4 is 46.4 Å². The van der Waals surface area contributed by atoms with Crippen LogP contribution >= 0.6 is 46.4 Å². The Kier molecular flexibility index (Phi) is 6.07. The molecule has 0 unspecified atom stereocenters. The van der Waals surface area contributed by atoms with Gasteiger partial charge in [-0.3, -0.25) is 0 Å². The van der Waals surface area contributed by atoms with Crippen LogP contribution in [0.5, 0.6) is 0 Å². The molecule has 1 aliphatic rings. The molecule has 0 saturated heterocycles. The van der Waals surface area contributed by atoms with Gasteiger partial charge in [0.2, 0.25) is 0 Å². The summed E-state index contributed by atoms with van der Waals surface area (Å²) in [5, 5.41) is 5.04. The van der Waals surface area contributed by atoms with E-state index in [2.05, 4.69) is 5.32 Å². The van der Waals surface area contributed by atoms with E-state index >= 15 is 0 Å². The Morgan fingerprint density at radius 1 is 1.05 bits per heavy atom. The second-order valence-corrected chi connectivity index (χ2v) is 6.11. The summed E-state index contributed by atoms with van der Waals surface area (Å²) in [6.07, 6.45) is 3.20. The minimum atomic E-state index is 0.345. The van der Waals surface area contributed by atoms with E-state index in [0.717, 1.165) is 12.1 Å². The molecule has 2 nitrogen and oxygen atoms in total. The van der Waals surface area contributed by atoms with Gasteiger partial charge in [-0.25, -0.2) is 0 Å². The van der Waals surface area contributed by atoms with Crippen LogP contribution in [-0.4, -0.2) is 25.8 Å². The van der Waals surface area contributed by atoms with Crippen LogP contribution in [0.1, 0.15) is 18.4 Å². The quantitative estimate of drug-likeness (QED) is 0.443. The van der Waals surface area contributed by atoms with Gasteiger partial charge >= 0.3 is 0 Å². The maximum Gasteiger partial charge on any atom is 0.0782 e. The third-order valence-electron chi connectivity index (χ3n) is 2.96. The second kappa shape index (κ2) is 7.35. The van der Waals surface area contributed by atoms with Crippen LogP contribution in [0.3, 0.4) is 0 Å². The molecule has 0 bridgehead atoms. The van der Waals surface area contributed by atoms with Crippen molar-refractivity contribution in [1.82, 2.24) is 5.32 Å². The summed E-state index contributed by atoms with van der Waals surface area (Å²) in [5.41, 5.74) is 0.785. The summed E-state index contributed by atoms with van der Waals surface area (Å²) in [7, 11) is 0. The summed E-state index contributed by atoms with van der Waals surface area (Å²) >= 11 is 24.1. The van der Waals surface area contributed by atoms with Crippen LogP contribution in [0.25, 0.3) is 0 Å². The summed E-state index contributed by atoms with van der Waals surface area (Å²) in [5.74, 6) is 0. The number of benzene rings is 1. The highest BCUT2D eigenvalue weighted by Gasteiger charge is 2.19. The molecule has 1 aliphatic carbocycles. The molecule has 106 valence electrons. The Hall–Kier alpha value is 0.300. The Bertz CT molecular complexity index is 449. The van der Waals surface area contributed by atoms with Gasteiger partial charge in [0.25, 0.3) is 0 Å². The average molecular weight is 343 g/mol. The third-order valence-corrected chi connectivity index (χ3v) is 4.60. The second-order valence-electron chi connectivity index (χ2n) is 4.54. The number of rotatable bonds is 7. The fraction of sp³-hybridized carbons (Fsp3) is 0.538. The van der Waals surface area contributed by atoms with Crippen molar-refractivity contribution in [1.29, 1.82) is 0 Å². The zero-order chi connectivity index (χ0) is 13.8. The lowest BCUT2D eigenvalue weighted by Gasteiger charge is -2.10. The smallest absolute Gasteiger partial charge is 0.0782 e. The zero-order valence-corrected chi connectivity index (χ0v) is 13.3. The van der Waals surface area contributed by atoms with E-state index in [9.17, 15) is 0 Å². The van der Waals surface area contributed by atoms with Gasteiger partial charge in [0.1, 0.15) is 0 Å². The molecule has 0 atom stereocenters. The van der Waals surface area contributed by atoms with Crippen molar-refractivity contribution < 1.29 is 4.74 Å². The average Bonchev–Trinajstić information content (AvgIpc) is 3.18. The van der Waals surface area contributed by atoms with E-state index in [0.29, 0.717) is 45.8 Å². The lowest BCUT2D eigenvalue weighted by molar-refractivity contribution is 0.138. The summed E-state index contributed by atoms with van der Waals surface area (Å²) < 4.78 is 5.54. The Labute approximate surface area is 133 Å². The molecule has 0 radical (unpaired) electrons. The highest BCUT2D eigenvalue weighted by Crippen LogP contribution is 2.37. The van der Waals surface area contributed by atoms with Crippen LogP contribution in [0.15, 0.2) is 6.07 Å². The van der Waals surface area contributed by atoms with Gasteiger partial charge in [0, 0.05) is 17.6 Å². The number of nitrogens with one attached hydrogen (secondary N) is 1. The van der Waals surface area contributed by atoms with Crippen molar-refractivity contribution in [2.45, 2.75) is 25.3 Å². The molecule has 1 N–H and O–H groups in total. The summed E-state index contributed by atoms with van der Waals surface area (Å²) in [6, 6.07) is 2.32. The fourth-order valence-electron chi connectivity index (χ4n) is 1.73. The minimum absolute atomic E-state index is 0.345. The summed E-state index contributed by atoms with van der Waals surface area (Å²) in [6.45, 7) is 2.13. The Morgan fingerprint density at radius 2 is 1.79 bits per heavy atom. The van der Waals surface area contributed by atoms with Crippen LogP contribution < -0.4 is 5.32 Å². The number of hydrogen-bond donors (Lipinski definition) is 1. The maximum absolute atomic E-state index is 6.12. The normalized spacial score (nSPS) is 14.9. The minimum Gasteiger partial charge on any atom is -0.380 e. The molecular formula is C13H15Cl4NO. The molecule has 0 heterocycles. The van der Waals surface area contributed by atoms with Crippen molar-refractivity contribution in [3.05, 3.63) is 31.7 Å². The van der Waals surface area contributed by atoms with Crippen LogP contribution in [-0.2, 0) is 11.2 Å². The predicted octanol–water partition coefficient (Wildman–Crippen LogP) is 4.61. The summed E-state index contributed by atoms with van der Waals surface area (Å²) in [4.78, 5) is 0. The Morgan fingerprint density at radius 3 is 2.47 bits per heavy atom. The Balaban J connectivity index is 1.76. The number of ether oxygens (including phenoxy) is 1. The zero-order valence-electron chi connectivity index (χ0n) is 10.3. The van der Waals surface area contributed by atoms with Crippen molar-refractivity contribution in [2.24, 2.45) is 0 Å². The molecule has 2 rings (SSSR count). The molecule has 1 aromatic rings. The molecule has 0 amide bonds. The fourth-order valence-corrected chi connectivity index (χ4v) is 2.85. The molecular weight excluding hydrogens is 328 g/mol. The van der Waals surface area contributed by atoms with Crippen LogP contribution in [0.4, 0.5) is 0 Å². The van der Waals surface area contributed by atoms with Crippen molar-refractivity contribution in [3.8, 4) is 0 Å². The first-order chi connectivity index (χ1) is 9.09. The lowest BCUT2D eigenvalue weighted by atomic mass is 10.1. The van der Waals surface area contributed by atoms with Crippen molar-refractivity contribution in [2.75, 3.05) is 19.8 Å². The molecule has 0 aromatic heterocycles. The largest absolute Gasteiger partial charge is 0.380 e. The van der Waals surface area contributed by atoms with Gasteiger partial charge in [0.05, 0.1) is 28.3 Å². The van der Waals surface area contributed by atoms with Crippen molar-refractivity contribution in [3.63, 3.8) is 0 Å². The first kappa shape index (κ1) is 15.7. The van der Waals surface area contributed by atoms with E-state index in [1.807, 2.05) is 0 Å². The van der Waals surface area contributed by atoms with Gasteiger partial charge in [-0.05, 0) is 30.9 Å². The number of halogens is 4. The molecule has 6 heteroatoms. The monoisotopic (exact) mass is 341 g/mol. The highest BCUT2D eigenvalue weighted by atomic mass is 35.5. The molecule has 1 saturated carbocycles. The van der Waals surface area contributed by atoms with E-state index in [4.69, 9.17) is 51.1 Å². The first-order valence-electron chi connectivity index (χ1n) is 6.22. The predicted molar refractivity (Wildman–Crippen MR) is 82.0 cm³/mol. The highest BCUT2D eigenvalue weighted by molar-refractivity contribution is 6.49. The third kappa shape index (κ3) is 4.66. The molecule has 19 heavy (non-hydrogen) atoms. The molecule has 0 aliphatic heterocycles. The molecule has 0 spiro atoms. The molecule has 1 aromatic carbocycles. The SMILES string of the molecule is Clc1cc(Cl)c(CCOCCNC2CC2)c(Cl)c1Cl. The van der Waals surface area contributed by atoms with Gasteiger partial charge in [-0.15, -0.1) is 0 Å². The maximum atomic E-state index is 6.12. The van der Waals surface area contributed by atoms with Gasteiger partial charge in [-0.2, -0.15) is 0 Å². The lowest BCUT2D eigenvalue weighted by Crippen LogP contribution is -2.22. The van der Waals surface area contributed by atoms with Gasteiger partial charge in [0.15, 0.2) is 0 Å². The molecule has 1 fully saturated rings. The van der Waals surface area contributed by atoms with E-state index < -0.39 is 0 Å². The van der Waals surface area contributed by atoms with E-state index in [-0.39, 0.29) is 0 Å².